The smallest absolute Gasteiger partial charge is 0.262 e. The Labute approximate surface area is 154 Å². The molecule has 4 aromatic rings. The summed E-state index contributed by atoms with van der Waals surface area (Å²) in [5.74, 6) is 1.74. The van der Waals surface area contributed by atoms with Gasteiger partial charge in [-0.1, -0.05) is 35.9 Å². The van der Waals surface area contributed by atoms with Gasteiger partial charge >= 0.3 is 0 Å². The monoisotopic (exact) mass is 368 g/mol. The van der Waals surface area contributed by atoms with E-state index >= 15 is 0 Å². The number of nitrogens with zero attached hydrogens (tertiary/aromatic N) is 4. The summed E-state index contributed by atoms with van der Waals surface area (Å²) >= 11 is 6.24. The Balaban J connectivity index is 1.87. The first-order chi connectivity index (χ1) is 12.6. The van der Waals surface area contributed by atoms with Gasteiger partial charge in [0.2, 0.25) is 5.78 Å². The summed E-state index contributed by atoms with van der Waals surface area (Å²) in [7, 11) is 0. The van der Waals surface area contributed by atoms with E-state index < -0.39 is 0 Å². The van der Waals surface area contributed by atoms with Gasteiger partial charge in [0.05, 0.1) is 15.9 Å². The van der Waals surface area contributed by atoms with E-state index in [1.807, 2.05) is 54.6 Å². The topological polar surface area (TPSA) is 61.4 Å². The van der Waals surface area contributed by atoms with Crippen LogP contribution in [0.25, 0.3) is 16.7 Å². The van der Waals surface area contributed by atoms with Crippen molar-refractivity contribution in [2.45, 2.75) is 27.0 Å². The summed E-state index contributed by atoms with van der Waals surface area (Å²) in [6, 6.07) is 13.0. The van der Waals surface area contributed by atoms with Crippen LogP contribution in [0.15, 0.2) is 47.3 Å². The third-order valence-corrected chi connectivity index (χ3v) is 4.70. The maximum atomic E-state index is 12.7. The van der Waals surface area contributed by atoms with E-state index in [4.69, 9.17) is 16.3 Å². The predicted octanol–water partition coefficient (Wildman–Crippen LogP) is 3.60. The van der Waals surface area contributed by atoms with Crippen LogP contribution < -0.4 is 10.3 Å². The largest absolute Gasteiger partial charge is 0.484 e. The SMILES string of the molecule is CCn1c(=O)c2ccccc2n2c(COc3c(C)cccc3Cl)nnc12. The van der Waals surface area contributed by atoms with Gasteiger partial charge in [0, 0.05) is 6.54 Å². The minimum absolute atomic E-state index is 0.0718. The van der Waals surface area contributed by atoms with Crippen molar-refractivity contribution in [1.82, 2.24) is 19.2 Å². The number of halogens is 1. The summed E-state index contributed by atoms with van der Waals surface area (Å²) in [6.45, 7) is 4.55. The summed E-state index contributed by atoms with van der Waals surface area (Å²) in [5.41, 5.74) is 1.63. The number of rotatable bonds is 4. The van der Waals surface area contributed by atoms with E-state index in [1.165, 1.54) is 0 Å². The zero-order chi connectivity index (χ0) is 18.3. The van der Waals surface area contributed by atoms with Crippen molar-refractivity contribution in [3.8, 4) is 5.75 Å². The van der Waals surface area contributed by atoms with E-state index in [1.54, 1.807) is 10.6 Å². The zero-order valence-electron chi connectivity index (χ0n) is 14.4. The Morgan fingerprint density at radius 2 is 1.92 bits per heavy atom. The van der Waals surface area contributed by atoms with Crippen LogP contribution in [0.1, 0.15) is 18.3 Å². The molecule has 4 rings (SSSR count). The summed E-state index contributed by atoms with van der Waals surface area (Å²) in [4.78, 5) is 12.7. The van der Waals surface area contributed by atoms with Crippen LogP contribution in [0.4, 0.5) is 0 Å². The molecule has 0 saturated carbocycles. The first-order valence-corrected chi connectivity index (χ1v) is 8.73. The Kier molecular flexibility index (Phi) is 4.12. The van der Waals surface area contributed by atoms with Crippen LogP contribution in [-0.4, -0.2) is 19.2 Å². The van der Waals surface area contributed by atoms with Gasteiger partial charge in [0.1, 0.15) is 12.4 Å². The molecule has 0 aliphatic rings. The molecule has 0 aliphatic heterocycles. The molecule has 0 N–H and O–H groups in total. The maximum Gasteiger partial charge on any atom is 0.262 e. The fourth-order valence-electron chi connectivity index (χ4n) is 3.13. The Hall–Kier alpha value is -2.86. The highest BCUT2D eigenvalue weighted by atomic mass is 35.5. The second kappa shape index (κ2) is 6.46. The van der Waals surface area contributed by atoms with Crippen molar-refractivity contribution in [3.05, 3.63) is 69.2 Å². The maximum absolute atomic E-state index is 12.7. The summed E-state index contributed by atoms with van der Waals surface area (Å²) in [5, 5.41) is 9.65. The third-order valence-electron chi connectivity index (χ3n) is 4.40. The number of aryl methyl sites for hydroxylation is 2. The molecule has 0 saturated heterocycles. The molecule has 0 fully saturated rings. The number of aromatic nitrogens is 4. The van der Waals surface area contributed by atoms with Crippen molar-refractivity contribution < 1.29 is 4.74 Å². The molecule has 2 aromatic heterocycles. The number of ether oxygens (including phenoxy) is 1. The summed E-state index contributed by atoms with van der Waals surface area (Å²) in [6.07, 6.45) is 0. The van der Waals surface area contributed by atoms with Gasteiger partial charge in [-0.25, -0.2) is 0 Å². The van der Waals surface area contributed by atoms with Crippen molar-refractivity contribution >= 4 is 28.3 Å². The van der Waals surface area contributed by atoms with E-state index in [-0.39, 0.29) is 12.2 Å². The predicted molar refractivity (Wildman–Crippen MR) is 101 cm³/mol. The molecule has 0 unspecified atom stereocenters. The highest BCUT2D eigenvalue weighted by molar-refractivity contribution is 6.32. The number of para-hydroxylation sites is 2. The van der Waals surface area contributed by atoms with Crippen LogP contribution in [-0.2, 0) is 13.2 Å². The standard InChI is InChI=1S/C19H17ClN4O2/c1-3-23-18(25)13-8-4-5-10-15(13)24-16(21-22-19(23)24)11-26-17-12(2)7-6-9-14(17)20/h4-10H,3,11H2,1-2H3. The van der Waals surface area contributed by atoms with Gasteiger partial charge in [-0.3, -0.25) is 13.8 Å². The van der Waals surface area contributed by atoms with Gasteiger partial charge in [-0.15, -0.1) is 10.2 Å². The number of hydrogen-bond donors (Lipinski definition) is 0. The van der Waals surface area contributed by atoms with Crippen molar-refractivity contribution in [3.63, 3.8) is 0 Å². The molecule has 0 amide bonds. The lowest BCUT2D eigenvalue weighted by Gasteiger charge is -2.12. The molecule has 2 heterocycles. The highest BCUT2D eigenvalue weighted by Crippen LogP contribution is 2.28. The van der Waals surface area contributed by atoms with Crippen LogP contribution >= 0.6 is 11.6 Å². The van der Waals surface area contributed by atoms with E-state index in [0.717, 1.165) is 11.1 Å². The molecule has 2 aromatic carbocycles. The quantitative estimate of drug-likeness (QED) is 0.552. The molecule has 0 spiro atoms. The van der Waals surface area contributed by atoms with Gasteiger partial charge in [0.25, 0.3) is 5.56 Å². The van der Waals surface area contributed by atoms with Crippen molar-refractivity contribution in [2.24, 2.45) is 0 Å². The molecule has 0 radical (unpaired) electrons. The normalized spacial score (nSPS) is 11.3. The van der Waals surface area contributed by atoms with Gasteiger partial charge < -0.3 is 4.74 Å². The van der Waals surface area contributed by atoms with Gasteiger partial charge in [-0.05, 0) is 37.6 Å². The first kappa shape index (κ1) is 16.6. The molecule has 0 aliphatic carbocycles. The van der Waals surface area contributed by atoms with Crippen LogP contribution in [0.3, 0.4) is 0 Å². The molecule has 26 heavy (non-hydrogen) atoms. The van der Waals surface area contributed by atoms with Crippen molar-refractivity contribution in [1.29, 1.82) is 0 Å². The average molecular weight is 369 g/mol. The van der Waals surface area contributed by atoms with Crippen LogP contribution in [0.5, 0.6) is 5.75 Å². The van der Waals surface area contributed by atoms with Crippen LogP contribution in [0, 0.1) is 6.92 Å². The highest BCUT2D eigenvalue weighted by Gasteiger charge is 2.16. The Bertz CT molecular complexity index is 1160. The number of fused-ring (bicyclic) bond motifs is 3. The Morgan fingerprint density at radius 3 is 2.69 bits per heavy atom. The molecular weight excluding hydrogens is 352 g/mol. The molecule has 7 heteroatoms. The number of hydrogen-bond acceptors (Lipinski definition) is 4. The first-order valence-electron chi connectivity index (χ1n) is 8.35. The zero-order valence-corrected chi connectivity index (χ0v) is 15.2. The van der Waals surface area contributed by atoms with Gasteiger partial charge in [-0.2, -0.15) is 0 Å². The van der Waals surface area contributed by atoms with Crippen molar-refractivity contribution in [2.75, 3.05) is 0 Å². The molecular formula is C19H17ClN4O2. The second-order valence-electron chi connectivity index (χ2n) is 5.99. The lowest BCUT2D eigenvalue weighted by Crippen LogP contribution is -2.22. The minimum Gasteiger partial charge on any atom is -0.484 e. The lowest BCUT2D eigenvalue weighted by molar-refractivity contribution is 0.293. The fraction of sp³-hybridized carbons (Fsp3) is 0.211. The van der Waals surface area contributed by atoms with Crippen LogP contribution in [0.2, 0.25) is 5.02 Å². The molecule has 0 bridgehead atoms. The fourth-order valence-corrected chi connectivity index (χ4v) is 3.41. The Morgan fingerprint density at radius 1 is 1.12 bits per heavy atom. The summed E-state index contributed by atoms with van der Waals surface area (Å²) < 4.78 is 9.41. The van der Waals surface area contributed by atoms with Gasteiger partial charge in [0.15, 0.2) is 5.82 Å². The second-order valence-corrected chi connectivity index (χ2v) is 6.40. The van der Waals surface area contributed by atoms with E-state index in [9.17, 15) is 4.79 Å². The molecule has 0 atom stereocenters. The van der Waals surface area contributed by atoms with E-state index in [2.05, 4.69) is 10.2 Å². The minimum atomic E-state index is -0.0718. The lowest BCUT2D eigenvalue weighted by atomic mass is 10.2. The molecule has 6 nitrogen and oxygen atoms in total. The average Bonchev–Trinajstić information content (AvgIpc) is 3.06. The third kappa shape index (κ3) is 2.54. The van der Waals surface area contributed by atoms with E-state index in [0.29, 0.717) is 34.3 Å². The number of benzene rings is 2. The molecule has 132 valence electrons.